The lowest BCUT2D eigenvalue weighted by atomic mass is 10.1. The fraction of sp³-hybridized carbons (Fsp3) is 0.500. The third-order valence-corrected chi connectivity index (χ3v) is 3.45. The van der Waals surface area contributed by atoms with Gasteiger partial charge in [0, 0.05) is 44.1 Å². The average molecular weight is 262 g/mol. The van der Waals surface area contributed by atoms with Crippen molar-refractivity contribution in [3.63, 3.8) is 0 Å². The van der Waals surface area contributed by atoms with E-state index in [0.717, 1.165) is 31.9 Å². The number of nitrogens with two attached hydrogens (primary N) is 1. The van der Waals surface area contributed by atoms with Gasteiger partial charge in [0.2, 0.25) is 0 Å². The lowest BCUT2D eigenvalue weighted by Crippen LogP contribution is -2.45. The Hall–Kier alpha value is -1.75. The van der Waals surface area contributed by atoms with Gasteiger partial charge in [0.05, 0.1) is 5.56 Å². The Morgan fingerprint density at radius 1 is 1.32 bits per heavy atom. The highest BCUT2D eigenvalue weighted by Gasteiger charge is 2.20. The zero-order valence-corrected chi connectivity index (χ0v) is 11.6. The van der Waals surface area contributed by atoms with E-state index in [4.69, 9.17) is 5.73 Å². The quantitative estimate of drug-likeness (QED) is 0.790. The fourth-order valence-corrected chi connectivity index (χ4v) is 2.31. The number of likely N-dealkylation sites (N-methyl/N-ethyl adjacent to an activating group) is 1. The van der Waals surface area contributed by atoms with Gasteiger partial charge in [-0.1, -0.05) is 0 Å². The molecule has 19 heavy (non-hydrogen) atoms. The first kappa shape index (κ1) is 13.7. The van der Waals surface area contributed by atoms with Crippen molar-refractivity contribution < 1.29 is 4.79 Å². The molecule has 1 fully saturated rings. The van der Waals surface area contributed by atoms with Crippen LogP contribution in [0.4, 0.5) is 11.4 Å². The zero-order valence-electron chi connectivity index (χ0n) is 11.6. The highest BCUT2D eigenvalue weighted by Crippen LogP contribution is 2.24. The van der Waals surface area contributed by atoms with Crippen LogP contribution in [-0.4, -0.2) is 50.6 Å². The third kappa shape index (κ3) is 3.17. The molecule has 1 amide bonds. The summed E-state index contributed by atoms with van der Waals surface area (Å²) < 4.78 is 0. The van der Waals surface area contributed by atoms with E-state index < -0.39 is 0 Å². The van der Waals surface area contributed by atoms with Crippen LogP contribution in [0.15, 0.2) is 18.2 Å². The molecule has 1 aromatic carbocycles. The van der Waals surface area contributed by atoms with Crippen LogP contribution in [0, 0.1) is 0 Å². The topological polar surface area (TPSA) is 61.6 Å². The number of benzene rings is 1. The van der Waals surface area contributed by atoms with Gasteiger partial charge in [0.15, 0.2) is 0 Å². The van der Waals surface area contributed by atoms with Crippen LogP contribution in [0.5, 0.6) is 0 Å². The number of carbonyl (C=O) groups excluding carboxylic acids is 1. The maximum Gasteiger partial charge on any atom is 0.253 e. The van der Waals surface area contributed by atoms with Crippen LogP contribution < -0.4 is 16.0 Å². The first-order chi connectivity index (χ1) is 9.11. The van der Waals surface area contributed by atoms with Crippen LogP contribution in [0.3, 0.4) is 0 Å². The lowest BCUT2D eigenvalue weighted by Gasteiger charge is -2.35. The highest BCUT2D eigenvalue weighted by atomic mass is 16.1. The van der Waals surface area contributed by atoms with Gasteiger partial charge in [-0.2, -0.15) is 0 Å². The molecular formula is C14H22N4O. The summed E-state index contributed by atoms with van der Waals surface area (Å²) in [6.07, 6.45) is 0. The molecule has 1 aliphatic heterocycles. The number of piperazine rings is 1. The van der Waals surface area contributed by atoms with E-state index in [1.165, 1.54) is 0 Å². The first-order valence-corrected chi connectivity index (χ1v) is 6.73. The number of hydrogen-bond donors (Lipinski definition) is 2. The largest absolute Gasteiger partial charge is 0.399 e. The molecule has 0 saturated carbocycles. The number of nitrogens with one attached hydrogen (secondary N) is 1. The highest BCUT2D eigenvalue weighted by molar-refractivity contribution is 6.00. The minimum atomic E-state index is -0.0521. The van der Waals surface area contributed by atoms with Gasteiger partial charge in [0.25, 0.3) is 5.91 Å². The Labute approximate surface area is 114 Å². The normalized spacial score (nSPS) is 16.4. The summed E-state index contributed by atoms with van der Waals surface area (Å²) in [7, 11) is 2.12. The van der Waals surface area contributed by atoms with Crippen molar-refractivity contribution in [2.45, 2.75) is 6.92 Å². The summed E-state index contributed by atoms with van der Waals surface area (Å²) in [5.41, 5.74) is 8.08. The second-order valence-corrected chi connectivity index (χ2v) is 4.93. The van der Waals surface area contributed by atoms with Gasteiger partial charge >= 0.3 is 0 Å². The Balaban J connectivity index is 2.26. The van der Waals surface area contributed by atoms with Gasteiger partial charge in [-0.05, 0) is 32.2 Å². The summed E-state index contributed by atoms with van der Waals surface area (Å²) in [5.74, 6) is -0.0521. The average Bonchev–Trinajstić information content (AvgIpc) is 2.40. The standard InChI is InChI=1S/C14H22N4O/c1-3-16-14(19)12-10-11(15)4-5-13(12)18-8-6-17(2)7-9-18/h4-5,10H,3,6-9,15H2,1-2H3,(H,16,19). The molecule has 104 valence electrons. The summed E-state index contributed by atoms with van der Waals surface area (Å²) in [6, 6.07) is 5.57. The van der Waals surface area contributed by atoms with Gasteiger partial charge in [-0.3, -0.25) is 4.79 Å². The first-order valence-electron chi connectivity index (χ1n) is 6.73. The van der Waals surface area contributed by atoms with Gasteiger partial charge in [-0.25, -0.2) is 0 Å². The van der Waals surface area contributed by atoms with Gasteiger partial charge in [0.1, 0.15) is 0 Å². The Kier molecular flexibility index (Phi) is 4.27. The number of nitrogen functional groups attached to an aromatic ring is 1. The van der Waals surface area contributed by atoms with E-state index in [1.54, 1.807) is 6.07 Å². The van der Waals surface area contributed by atoms with Crippen molar-refractivity contribution in [3.8, 4) is 0 Å². The SMILES string of the molecule is CCNC(=O)c1cc(N)ccc1N1CCN(C)CC1. The lowest BCUT2D eigenvalue weighted by molar-refractivity contribution is 0.0956. The summed E-state index contributed by atoms with van der Waals surface area (Å²) in [6.45, 7) is 6.44. The molecule has 2 rings (SSSR count). The molecule has 1 heterocycles. The molecule has 0 unspecified atom stereocenters. The van der Waals surface area contributed by atoms with E-state index in [2.05, 4.69) is 22.2 Å². The minimum Gasteiger partial charge on any atom is -0.399 e. The molecule has 1 aliphatic rings. The monoisotopic (exact) mass is 262 g/mol. The molecule has 0 radical (unpaired) electrons. The second-order valence-electron chi connectivity index (χ2n) is 4.93. The molecule has 1 saturated heterocycles. The van der Waals surface area contributed by atoms with Crippen molar-refractivity contribution >= 4 is 17.3 Å². The number of anilines is 2. The van der Waals surface area contributed by atoms with Crippen molar-refractivity contribution in [3.05, 3.63) is 23.8 Å². The Morgan fingerprint density at radius 2 is 2.00 bits per heavy atom. The minimum absolute atomic E-state index is 0.0521. The Morgan fingerprint density at radius 3 is 2.63 bits per heavy atom. The maximum atomic E-state index is 12.1. The molecular weight excluding hydrogens is 240 g/mol. The molecule has 0 aromatic heterocycles. The van der Waals surface area contributed by atoms with Crippen LogP contribution in [0.2, 0.25) is 0 Å². The molecule has 1 aromatic rings. The van der Waals surface area contributed by atoms with Crippen LogP contribution in [0.25, 0.3) is 0 Å². The number of carbonyl (C=O) groups is 1. The predicted molar refractivity (Wildman–Crippen MR) is 78.6 cm³/mol. The predicted octanol–water partition coefficient (Wildman–Crippen LogP) is 0.770. The van der Waals surface area contributed by atoms with E-state index in [9.17, 15) is 4.79 Å². The fourth-order valence-electron chi connectivity index (χ4n) is 2.31. The van der Waals surface area contributed by atoms with Crippen molar-refractivity contribution in [1.29, 1.82) is 0 Å². The van der Waals surface area contributed by atoms with E-state index in [0.29, 0.717) is 17.8 Å². The third-order valence-electron chi connectivity index (χ3n) is 3.45. The number of nitrogens with zero attached hydrogens (tertiary/aromatic N) is 2. The molecule has 0 spiro atoms. The van der Waals surface area contributed by atoms with Gasteiger partial charge in [-0.15, -0.1) is 0 Å². The molecule has 0 bridgehead atoms. The number of amides is 1. The van der Waals surface area contributed by atoms with Crippen LogP contribution in [-0.2, 0) is 0 Å². The van der Waals surface area contributed by atoms with Crippen molar-refractivity contribution in [2.24, 2.45) is 0 Å². The van der Waals surface area contributed by atoms with E-state index >= 15 is 0 Å². The second kappa shape index (κ2) is 5.93. The zero-order chi connectivity index (χ0) is 13.8. The van der Waals surface area contributed by atoms with E-state index in [-0.39, 0.29) is 5.91 Å². The molecule has 5 nitrogen and oxygen atoms in total. The van der Waals surface area contributed by atoms with Crippen LogP contribution in [0.1, 0.15) is 17.3 Å². The molecule has 0 aliphatic carbocycles. The smallest absolute Gasteiger partial charge is 0.253 e. The van der Waals surface area contributed by atoms with E-state index in [1.807, 2.05) is 19.1 Å². The Bertz CT molecular complexity index is 453. The molecule has 0 atom stereocenters. The summed E-state index contributed by atoms with van der Waals surface area (Å²) in [5, 5.41) is 2.85. The summed E-state index contributed by atoms with van der Waals surface area (Å²) in [4.78, 5) is 16.7. The maximum absolute atomic E-state index is 12.1. The van der Waals surface area contributed by atoms with Gasteiger partial charge < -0.3 is 20.9 Å². The summed E-state index contributed by atoms with van der Waals surface area (Å²) >= 11 is 0. The number of rotatable bonds is 3. The van der Waals surface area contributed by atoms with Crippen LogP contribution >= 0.6 is 0 Å². The van der Waals surface area contributed by atoms with Crippen molar-refractivity contribution in [1.82, 2.24) is 10.2 Å². The number of hydrogen-bond acceptors (Lipinski definition) is 4. The molecule has 3 N–H and O–H groups in total. The molecule has 5 heteroatoms. The van der Waals surface area contributed by atoms with Crippen molar-refractivity contribution in [2.75, 3.05) is 50.4 Å².